The van der Waals surface area contributed by atoms with Crippen LogP contribution in [0.2, 0.25) is 5.02 Å². The zero-order chi connectivity index (χ0) is 14.9. The number of nitrogens with zero attached hydrogens (tertiary/aromatic N) is 2. The summed E-state index contributed by atoms with van der Waals surface area (Å²) in [5.74, 6) is -0.405. The van der Waals surface area contributed by atoms with Gasteiger partial charge in [-0.25, -0.2) is 0 Å². The first-order valence-corrected chi connectivity index (χ1v) is 5.72. The first-order chi connectivity index (χ1) is 9.36. The molecule has 0 aliphatic rings. The molecule has 1 heterocycles. The lowest BCUT2D eigenvalue weighted by molar-refractivity contribution is -0.138. The Kier molecular flexibility index (Phi) is 3.87. The first kappa shape index (κ1) is 14.6. The van der Waals surface area contributed by atoms with Crippen LogP contribution >= 0.6 is 11.6 Å². The highest BCUT2D eigenvalue weighted by Crippen LogP contribution is 2.43. The number of ether oxygens (including phenoxy) is 1. The maximum Gasteiger partial charge on any atom is 0.420 e. The standard InChI is InChI=1S/C11H9ClF3N3O2/c1-19-9-6(10-17-8(4-16)20-18-10)2-5(12)3-7(9)11(13,14)15/h2-3H,4,16H2,1H3. The number of methoxy groups -OCH3 is 1. The van der Waals surface area contributed by atoms with Crippen LogP contribution in [-0.2, 0) is 12.7 Å². The quantitative estimate of drug-likeness (QED) is 0.943. The van der Waals surface area contributed by atoms with Gasteiger partial charge >= 0.3 is 6.18 Å². The molecular formula is C11H9ClF3N3O2. The van der Waals surface area contributed by atoms with Crippen molar-refractivity contribution in [2.24, 2.45) is 5.73 Å². The second kappa shape index (κ2) is 5.29. The maximum absolute atomic E-state index is 13.0. The van der Waals surface area contributed by atoms with Crippen molar-refractivity contribution >= 4 is 11.6 Å². The molecule has 2 rings (SSSR count). The molecule has 0 amide bonds. The summed E-state index contributed by atoms with van der Waals surface area (Å²) in [5.41, 5.74) is 4.28. The van der Waals surface area contributed by atoms with Gasteiger partial charge in [0.25, 0.3) is 0 Å². The number of hydrogen-bond acceptors (Lipinski definition) is 5. The zero-order valence-corrected chi connectivity index (χ0v) is 10.9. The van der Waals surface area contributed by atoms with Gasteiger partial charge in [-0.15, -0.1) is 0 Å². The van der Waals surface area contributed by atoms with Crippen molar-refractivity contribution in [1.29, 1.82) is 0 Å². The molecule has 0 aliphatic heterocycles. The third kappa shape index (κ3) is 2.70. The minimum absolute atomic E-state index is 0.0178. The molecular weight excluding hydrogens is 299 g/mol. The van der Waals surface area contributed by atoms with Crippen LogP contribution < -0.4 is 10.5 Å². The predicted molar refractivity (Wildman–Crippen MR) is 64.2 cm³/mol. The fourth-order valence-corrected chi connectivity index (χ4v) is 1.86. The molecule has 0 aliphatic carbocycles. The molecule has 0 atom stereocenters. The summed E-state index contributed by atoms with van der Waals surface area (Å²) in [6.45, 7) is -0.0258. The van der Waals surface area contributed by atoms with Crippen LogP contribution in [0.1, 0.15) is 11.5 Å². The summed E-state index contributed by atoms with van der Waals surface area (Å²) in [4.78, 5) is 3.86. The fourth-order valence-electron chi connectivity index (χ4n) is 1.64. The number of alkyl halides is 3. The summed E-state index contributed by atoms with van der Waals surface area (Å²) in [6.07, 6.45) is -4.62. The van der Waals surface area contributed by atoms with E-state index in [1.807, 2.05) is 0 Å². The number of hydrogen-bond donors (Lipinski definition) is 1. The molecule has 2 N–H and O–H groups in total. The predicted octanol–water partition coefficient (Wildman–Crippen LogP) is 2.88. The van der Waals surface area contributed by atoms with Gasteiger partial charge in [0.1, 0.15) is 5.75 Å². The van der Waals surface area contributed by atoms with Crippen molar-refractivity contribution in [3.63, 3.8) is 0 Å². The van der Waals surface area contributed by atoms with Gasteiger partial charge in [0, 0.05) is 5.02 Å². The molecule has 0 saturated carbocycles. The van der Waals surface area contributed by atoms with Crippen LogP contribution in [0.3, 0.4) is 0 Å². The molecule has 9 heteroatoms. The minimum Gasteiger partial charge on any atom is -0.495 e. The molecule has 2 aromatic rings. The molecule has 1 aromatic carbocycles. The lowest BCUT2D eigenvalue weighted by Gasteiger charge is -2.14. The summed E-state index contributed by atoms with van der Waals surface area (Å²) >= 11 is 5.71. The van der Waals surface area contributed by atoms with Crippen molar-refractivity contribution in [2.45, 2.75) is 12.7 Å². The van der Waals surface area contributed by atoms with E-state index in [1.165, 1.54) is 6.07 Å². The van der Waals surface area contributed by atoms with Crippen LogP contribution in [-0.4, -0.2) is 17.3 Å². The first-order valence-electron chi connectivity index (χ1n) is 5.34. The smallest absolute Gasteiger partial charge is 0.420 e. The van der Waals surface area contributed by atoms with Crippen molar-refractivity contribution in [3.8, 4) is 17.1 Å². The van der Waals surface area contributed by atoms with Crippen LogP contribution in [0.4, 0.5) is 13.2 Å². The Hall–Kier alpha value is -1.80. The Morgan fingerprint density at radius 2 is 2.10 bits per heavy atom. The lowest BCUT2D eigenvalue weighted by atomic mass is 10.1. The van der Waals surface area contributed by atoms with Gasteiger partial charge in [-0.3, -0.25) is 0 Å². The van der Waals surface area contributed by atoms with Gasteiger partial charge in [-0.1, -0.05) is 16.8 Å². The van der Waals surface area contributed by atoms with Gasteiger partial charge in [0.05, 0.1) is 24.8 Å². The molecule has 108 valence electrons. The molecule has 0 saturated heterocycles. The molecule has 0 bridgehead atoms. The van der Waals surface area contributed by atoms with Crippen LogP contribution in [0.15, 0.2) is 16.7 Å². The Balaban J connectivity index is 2.66. The van der Waals surface area contributed by atoms with E-state index < -0.39 is 17.5 Å². The Morgan fingerprint density at radius 1 is 1.40 bits per heavy atom. The Morgan fingerprint density at radius 3 is 2.60 bits per heavy atom. The monoisotopic (exact) mass is 307 g/mol. The number of nitrogens with two attached hydrogens (primary N) is 1. The highest BCUT2D eigenvalue weighted by Gasteiger charge is 2.36. The van der Waals surface area contributed by atoms with Crippen LogP contribution in [0.5, 0.6) is 5.75 Å². The topological polar surface area (TPSA) is 74.2 Å². The van der Waals surface area contributed by atoms with Gasteiger partial charge in [-0.2, -0.15) is 18.2 Å². The zero-order valence-electron chi connectivity index (χ0n) is 10.2. The van der Waals surface area contributed by atoms with E-state index in [4.69, 9.17) is 26.6 Å². The molecule has 5 nitrogen and oxygen atoms in total. The van der Waals surface area contributed by atoms with Gasteiger partial charge in [0.2, 0.25) is 11.7 Å². The highest BCUT2D eigenvalue weighted by atomic mass is 35.5. The number of aromatic nitrogens is 2. The lowest BCUT2D eigenvalue weighted by Crippen LogP contribution is -2.08. The SMILES string of the molecule is COc1c(-c2noc(CN)n2)cc(Cl)cc1C(F)(F)F. The number of halogens is 4. The largest absolute Gasteiger partial charge is 0.495 e. The average Bonchev–Trinajstić information content (AvgIpc) is 2.85. The average molecular weight is 308 g/mol. The van der Waals surface area contributed by atoms with Crippen LogP contribution in [0, 0.1) is 0 Å². The van der Waals surface area contributed by atoms with E-state index in [2.05, 4.69) is 10.1 Å². The van der Waals surface area contributed by atoms with Crippen molar-refractivity contribution in [2.75, 3.05) is 7.11 Å². The van der Waals surface area contributed by atoms with Crippen LogP contribution in [0.25, 0.3) is 11.4 Å². The summed E-state index contributed by atoms with van der Waals surface area (Å²) in [7, 11) is 1.12. The molecule has 20 heavy (non-hydrogen) atoms. The number of rotatable bonds is 3. The summed E-state index contributed by atoms with van der Waals surface area (Å²) in [6, 6.07) is 2.04. The van der Waals surface area contributed by atoms with E-state index >= 15 is 0 Å². The van der Waals surface area contributed by atoms with Gasteiger partial charge in [-0.05, 0) is 12.1 Å². The normalized spacial score (nSPS) is 11.7. The second-order valence-electron chi connectivity index (χ2n) is 3.75. The van der Waals surface area contributed by atoms with E-state index in [0.717, 1.165) is 13.2 Å². The van der Waals surface area contributed by atoms with E-state index in [0.29, 0.717) is 0 Å². The van der Waals surface area contributed by atoms with Gasteiger partial charge in [0.15, 0.2) is 0 Å². The Labute approximate surface area is 116 Å². The third-order valence-electron chi connectivity index (χ3n) is 2.45. The maximum atomic E-state index is 13.0. The third-order valence-corrected chi connectivity index (χ3v) is 2.67. The summed E-state index contributed by atoms with van der Waals surface area (Å²) in [5, 5.41) is 3.44. The molecule has 0 fully saturated rings. The minimum atomic E-state index is -4.62. The highest BCUT2D eigenvalue weighted by molar-refractivity contribution is 6.31. The molecule has 1 aromatic heterocycles. The fraction of sp³-hybridized carbons (Fsp3) is 0.273. The molecule has 0 radical (unpaired) electrons. The second-order valence-corrected chi connectivity index (χ2v) is 4.18. The van der Waals surface area contributed by atoms with Crippen molar-refractivity contribution in [1.82, 2.24) is 10.1 Å². The van der Waals surface area contributed by atoms with Crippen molar-refractivity contribution < 1.29 is 22.4 Å². The number of benzene rings is 1. The molecule has 0 unspecified atom stereocenters. The molecule has 0 spiro atoms. The Bertz CT molecular complexity index is 628. The van der Waals surface area contributed by atoms with E-state index in [-0.39, 0.29) is 28.8 Å². The van der Waals surface area contributed by atoms with E-state index in [1.54, 1.807) is 0 Å². The summed E-state index contributed by atoms with van der Waals surface area (Å²) < 4.78 is 48.5. The van der Waals surface area contributed by atoms with Crippen molar-refractivity contribution in [3.05, 3.63) is 28.6 Å². The van der Waals surface area contributed by atoms with E-state index in [9.17, 15) is 13.2 Å². The van der Waals surface area contributed by atoms with Gasteiger partial charge < -0.3 is 15.0 Å².